The number of hydrogen-bond acceptors (Lipinski definition) is 2. The van der Waals surface area contributed by atoms with Gasteiger partial charge in [0.1, 0.15) is 0 Å². The van der Waals surface area contributed by atoms with Crippen molar-refractivity contribution in [1.82, 2.24) is 5.32 Å². The molecule has 1 saturated carbocycles. The molecule has 1 aromatic rings. The lowest BCUT2D eigenvalue weighted by molar-refractivity contribution is 0.0942. The van der Waals surface area contributed by atoms with E-state index in [-0.39, 0.29) is 5.91 Å². The van der Waals surface area contributed by atoms with E-state index >= 15 is 0 Å². The zero-order chi connectivity index (χ0) is 11.5. The van der Waals surface area contributed by atoms with E-state index in [9.17, 15) is 4.79 Å². The van der Waals surface area contributed by atoms with Crippen LogP contribution in [0.2, 0.25) is 0 Å². The van der Waals surface area contributed by atoms with E-state index in [2.05, 4.69) is 19.2 Å². The van der Waals surface area contributed by atoms with Gasteiger partial charge in [0, 0.05) is 10.9 Å². The number of amides is 1. The number of aryl methyl sites for hydroxylation is 2. The summed E-state index contributed by atoms with van der Waals surface area (Å²) in [6.07, 6.45) is 5.83. The first-order valence-electron chi connectivity index (χ1n) is 6.11. The molecular formula is C13H19NOS. The molecule has 0 aliphatic heterocycles. The van der Waals surface area contributed by atoms with Crippen LogP contribution in [0.4, 0.5) is 0 Å². The third-order valence-corrected chi connectivity index (χ3v) is 4.41. The van der Waals surface area contributed by atoms with Gasteiger partial charge in [-0.1, -0.05) is 19.8 Å². The zero-order valence-electron chi connectivity index (χ0n) is 10.0. The van der Waals surface area contributed by atoms with Gasteiger partial charge in [0.15, 0.2) is 0 Å². The second kappa shape index (κ2) is 5.00. The molecule has 0 radical (unpaired) electrons. The molecule has 0 unspecified atom stereocenters. The Morgan fingerprint density at radius 2 is 2.19 bits per heavy atom. The van der Waals surface area contributed by atoms with Crippen molar-refractivity contribution >= 4 is 17.2 Å². The molecular weight excluding hydrogens is 218 g/mol. The third kappa shape index (κ3) is 2.46. The SMILES string of the molecule is CCc1cc(C(=O)NC2CCCC2)sc1C. The highest BCUT2D eigenvalue weighted by atomic mass is 32.1. The fourth-order valence-electron chi connectivity index (χ4n) is 2.31. The van der Waals surface area contributed by atoms with Crippen LogP contribution in [-0.4, -0.2) is 11.9 Å². The first-order chi connectivity index (χ1) is 7.70. The Kier molecular flexibility index (Phi) is 3.64. The smallest absolute Gasteiger partial charge is 0.261 e. The molecule has 2 nitrogen and oxygen atoms in total. The second-order valence-electron chi connectivity index (χ2n) is 4.50. The molecule has 0 bridgehead atoms. The minimum Gasteiger partial charge on any atom is -0.349 e. The van der Waals surface area contributed by atoms with Gasteiger partial charge in [-0.15, -0.1) is 11.3 Å². The number of carbonyl (C=O) groups is 1. The normalized spacial score (nSPS) is 16.6. The third-order valence-electron chi connectivity index (χ3n) is 3.32. The van der Waals surface area contributed by atoms with Crippen molar-refractivity contribution in [2.45, 2.75) is 52.0 Å². The van der Waals surface area contributed by atoms with E-state index in [0.29, 0.717) is 6.04 Å². The van der Waals surface area contributed by atoms with Gasteiger partial charge in [-0.25, -0.2) is 0 Å². The zero-order valence-corrected chi connectivity index (χ0v) is 10.8. The molecule has 1 aromatic heterocycles. The predicted octanol–water partition coefficient (Wildman–Crippen LogP) is 3.29. The van der Waals surface area contributed by atoms with Crippen LogP contribution in [0.15, 0.2) is 6.07 Å². The lowest BCUT2D eigenvalue weighted by Gasteiger charge is -2.10. The van der Waals surface area contributed by atoms with E-state index in [1.165, 1.54) is 23.3 Å². The van der Waals surface area contributed by atoms with E-state index in [4.69, 9.17) is 0 Å². The predicted molar refractivity (Wildman–Crippen MR) is 68.2 cm³/mol. The number of nitrogens with one attached hydrogen (secondary N) is 1. The Morgan fingerprint density at radius 3 is 2.75 bits per heavy atom. The molecule has 0 saturated heterocycles. The maximum absolute atomic E-state index is 12.0. The lowest BCUT2D eigenvalue weighted by atomic mass is 10.2. The summed E-state index contributed by atoms with van der Waals surface area (Å²) in [6, 6.07) is 2.46. The van der Waals surface area contributed by atoms with Crippen molar-refractivity contribution in [2.75, 3.05) is 0 Å². The second-order valence-corrected chi connectivity index (χ2v) is 5.76. The van der Waals surface area contributed by atoms with Gasteiger partial charge in [0.2, 0.25) is 0 Å². The van der Waals surface area contributed by atoms with Gasteiger partial charge in [-0.2, -0.15) is 0 Å². The standard InChI is InChI=1S/C13H19NOS/c1-3-10-8-12(16-9(10)2)13(15)14-11-6-4-5-7-11/h8,11H,3-7H2,1-2H3,(H,14,15). The molecule has 16 heavy (non-hydrogen) atoms. The van der Waals surface area contributed by atoms with Crippen molar-refractivity contribution in [3.05, 3.63) is 21.4 Å². The molecule has 3 heteroatoms. The summed E-state index contributed by atoms with van der Waals surface area (Å²) in [4.78, 5) is 14.1. The Hall–Kier alpha value is -0.830. The van der Waals surface area contributed by atoms with E-state index in [0.717, 1.165) is 24.1 Å². The van der Waals surface area contributed by atoms with Crippen LogP contribution in [0.3, 0.4) is 0 Å². The molecule has 0 spiro atoms. The Labute approximate surface area is 101 Å². The molecule has 0 aromatic carbocycles. The van der Waals surface area contributed by atoms with Crippen molar-refractivity contribution in [2.24, 2.45) is 0 Å². The van der Waals surface area contributed by atoms with Crippen LogP contribution in [0.1, 0.15) is 52.7 Å². The van der Waals surface area contributed by atoms with Gasteiger partial charge in [-0.3, -0.25) is 4.79 Å². The van der Waals surface area contributed by atoms with Gasteiger partial charge in [-0.05, 0) is 37.8 Å². The van der Waals surface area contributed by atoms with E-state index in [1.54, 1.807) is 11.3 Å². The average molecular weight is 237 g/mol. The minimum atomic E-state index is 0.125. The number of thiophene rings is 1. The van der Waals surface area contributed by atoms with E-state index < -0.39 is 0 Å². The highest BCUT2D eigenvalue weighted by Gasteiger charge is 2.19. The molecule has 1 aliphatic rings. The van der Waals surface area contributed by atoms with Gasteiger partial charge < -0.3 is 5.32 Å². The maximum atomic E-state index is 12.0. The first kappa shape index (κ1) is 11.6. The first-order valence-corrected chi connectivity index (χ1v) is 6.92. The highest BCUT2D eigenvalue weighted by molar-refractivity contribution is 7.14. The molecule has 1 aliphatic carbocycles. The van der Waals surface area contributed by atoms with Crippen molar-refractivity contribution in [3.8, 4) is 0 Å². The van der Waals surface area contributed by atoms with Crippen LogP contribution < -0.4 is 5.32 Å². The number of rotatable bonds is 3. The van der Waals surface area contributed by atoms with Crippen molar-refractivity contribution in [3.63, 3.8) is 0 Å². The fourth-order valence-corrected chi connectivity index (χ4v) is 3.33. The summed E-state index contributed by atoms with van der Waals surface area (Å²) in [5.41, 5.74) is 1.31. The highest BCUT2D eigenvalue weighted by Crippen LogP contribution is 2.23. The summed E-state index contributed by atoms with van der Waals surface area (Å²) >= 11 is 1.62. The minimum absolute atomic E-state index is 0.125. The van der Waals surface area contributed by atoms with Gasteiger partial charge >= 0.3 is 0 Å². The van der Waals surface area contributed by atoms with Crippen LogP contribution >= 0.6 is 11.3 Å². The molecule has 1 heterocycles. The topological polar surface area (TPSA) is 29.1 Å². The number of hydrogen-bond donors (Lipinski definition) is 1. The average Bonchev–Trinajstić information content (AvgIpc) is 2.87. The fraction of sp³-hybridized carbons (Fsp3) is 0.615. The van der Waals surface area contributed by atoms with Crippen LogP contribution in [0.5, 0.6) is 0 Å². The summed E-state index contributed by atoms with van der Waals surface area (Å²) < 4.78 is 0. The van der Waals surface area contributed by atoms with Crippen molar-refractivity contribution < 1.29 is 4.79 Å². The summed E-state index contributed by atoms with van der Waals surface area (Å²) in [5.74, 6) is 0.125. The van der Waals surface area contributed by atoms with Crippen LogP contribution in [0, 0.1) is 6.92 Å². The van der Waals surface area contributed by atoms with Crippen LogP contribution in [-0.2, 0) is 6.42 Å². The van der Waals surface area contributed by atoms with E-state index in [1.807, 2.05) is 6.07 Å². The van der Waals surface area contributed by atoms with Crippen molar-refractivity contribution in [1.29, 1.82) is 0 Å². The lowest BCUT2D eigenvalue weighted by Crippen LogP contribution is -2.31. The number of carbonyl (C=O) groups excluding carboxylic acids is 1. The molecule has 1 amide bonds. The summed E-state index contributed by atoms with van der Waals surface area (Å²) in [6.45, 7) is 4.23. The molecule has 1 fully saturated rings. The quantitative estimate of drug-likeness (QED) is 0.858. The Bertz CT molecular complexity index is 377. The molecule has 0 atom stereocenters. The van der Waals surface area contributed by atoms with Gasteiger partial charge in [0.05, 0.1) is 4.88 Å². The molecule has 88 valence electrons. The summed E-state index contributed by atoms with van der Waals surface area (Å²) in [5, 5.41) is 3.13. The van der Waals surface area contributed by atoms with Crippen LogP contribution in [0.25, 0.3) is 0 Å². The Balaban J connectivity index is 2.02. The molecule has 1 N–H and O–H groups in total. The molecule has 2 rings (SSSR count). The maximum Gasteiger partial charge on any atom is 0.261 e. The Morgan fingerprint density at radius 1 is 1.50 bits per heavy atom. The monoisotopic (exact) mass is 237 g/mol. The summed E-state index contributed by atoms with van der Waals surface area (Å²) in [7, 11) is 0. The largest absolute Gasteiger partial charge is 0.349 e. The van der Waals surface area contributed by atoms with Gasteiger partial charge in [0.25, 0.3) is 5.91 Å².